The van der Waals surface area contributed by atoms with E-state index in [4.69, 9.17) is 4.74 Å². The number of rotatable bonds is 2. The minimum absolute atomic E-state index is 0.00266. The second-order valence-corrected chi connectivity index (χ2v) is 6.29. The summed E-state index contributed by atoms with van der Waals surface area (Å²) < 4.78 is 5.96. The summed E-state index contributed by atoms with van der Waals surface area (Å²) in [5.74, 6) is -0.00266. The first kappa shape index (κ1) is 15.7. The molecule has 25 heavy (non-hydrogen) atoms. The summed E-state index contributed by atoms with van der Waals surface area (Å²) in [5, 5.41) is 0.782. The number of nitrogens with zero attached hydrogens (tertiary/aromatic N) is 3. The second-order valence-electron chi connectivity index (χ2n) is 6.29. The molecule has 5 heteroatoms. The Morgan fingerprint density at radius 1 is 1.16 bits per heavy atom. The van der Waals surface area contributed by atoms with E-state index in [9.17, 15) is 4.79 Å². The lowest BCUT2D eigenvalue weighted by Gasteiger charge is -2.38. The lowest BCUT2D eigenvalue weighted by atomic mass is 10.0. The molecule has 1 aliphatic heterocycles. The van der Waals surface area contributed by atoms with Gasteiger partial charge in [-0.15, -0.1) is 0 Å². The summed E-state index contributed by atoms with van der Waals surface area (Å²) >= 11 is 0. The number of hydrogen-bond donors (Lipinski definition) is 0. The molecule has 0 saturated carbocycles. The average molecular weight is 333 g/mol. The van der Waals surface area contributed by atoms with Gasteiger partial charge in [-0.05, 0) is 24.6 Å². The number of amides is 1. The zero-order valence-corrected chi connectivity index (χ0v) is 14.0. The number of benzene rings is 1. The summed E-state index contributed by atoms with van der Waals surface area (Å²) in [6, 6.07) is 13.6. The van der Waals surface area contributed by atoms with Gasteiger partial charge >= 0.3 is 0 Å². The van der Waals surface area contributed by atoms with Crippen molar-refractivity contribution in [3.05, 3.63) is 72.2 Å². The van der Waals surface area contributed by atoms with Crippen LogP contribution < -0.4 is 0 Å². The van der Waals surface area contributed by atoms with Gasteiger partial charge in [-0.3, -0.25) is 14.8 Å². The van der Waals surface area contributed by atoms with Gasteiger partial charge in [-0.2, -0.15) is 0 Å². The third kappa shape index (κ3) is 2.98. The monoisotopic (exact) mass is 333 g/mol. The number of carbonyl (C=O) groups is 1. The van der Waals surface area contributed by atoms with E-state index in [2.05, 4.69) is 9.97 Å². The van der Waals surface area contributed by atoms with E-state index in [0.717, 1.165) is 16.5 Å². The summed E-state index contributed by atoms with van der Waals surface area (Å²) in [7, 11) is 0. The Morgan fingerprint density at radius 3 is 2.84 bits per heavy atom. The molecule has 1 fully saturated rings. The van der Waals surface area contributed by atoms with Gasteiger partial charge in [0.1, 0.15) is 6.10 Å². The molecule has 2 aromatic heterocycles. The Kier molecular flexibility index (Phi) is 4.15. The first-order chi connectivity index (χ1) is 12.2. The number of hydrogen-bond acceptors (Lipinski definition) is 4. The van der Waals surface area contributed by atoms with Gasteiger partial charge in [0.05, 0.1) is 30.3 Å². The maximum atomic E-state index is 13.2. The molecule has 2 atom stereocenters. The maximum absolute atomic E-state index is 13.2. The van der Waals surface area contributed by atoms with Crippen molar-refractivity contribution in [3.63, 3.8) is 0 Å². The molecular weight excluding hydrogens is 314 g/mol. The number of pyridine rings is 2. The van der Waals surface area contributed by atoms with Crippen LogP contribution in [0.2, 0.25) is 0 Å². The van der Waals surface area contributed by atoms with E-state index >= 15 is 0 Å². The average Bonchev–Trinajstić information content (AvgIpc) is 2.68. The summed E-state index contributed by atoms with van der Waals surface area (Å²) in [4.78, 5) is 23.6. The molecule has 0 N–H and O–H groups in total. The number of ether oxygens (including phenoxy) is 1. The van der Waals surface area contributed by atoms with Crippen molar-refractivity contribution in [2.75, 3.05) is 13.2 Å². The topological polar surface area (TPSA) is 55.3 Å². The fraction of sp³-hybridized carbons (Fsp3) is 0.250. The van der Waals surface area contributed by atoms with Crippen molar-refractivity contribution in [2.45, 2.75) is 19.1 Å². The predicted octanol–water partition coefficient (Wildman–Crippen LogP) is 3.23. The fourth-order valence-corrected chi connectivity index (χ4v) is 3.24. The predicted molar refractivity (Wildman–Crippen MR) is 95.2 cm³/mol. The van der Waals surface area contributed by atoms with Gasteiger partial charge in [-0.1, -0.05) is 30.3 Å². The number of fused-ring (bicyclic) bond motifs is 1. The largest absolute Gasteiger partial charge is 0.370 e. The number of carbonyl (C=O) groups excluding carboxylic acids is 1. The summed E-state index contributed by atoms with van der Waals surface area (Å²) in [6.07, 6.45) is 4.96. The Hall–Kier alpha value is -2.79. The smallest absolute Gasteiger partial charge is 0.255 e. The molecule has 1 saturated heterocycles. The lowest BCUT2D eigenvalue weighted by Crippen LogP contribution is -2.48. The van der Waals surface area contributed by atoms with Crippen molar-refractivity contribution >= 4 is 16.8 Å². The summed E-state index contributed by atoms with van der Waals surface area (Å²) in [6.45, 7) is 3.07. The molecule has 3 heterocycles. The minimum atomic E-state index is -0.104. The van der Waals surface area contributed by atoms with Crippen LogP contribution in [0.25, 0.3) is 10.9 Å². The molecule has 4 rings (SSSR count). The van der Waals surface area contributed by atoms with Crippen LogP contribution >= 0.6 is 0 Å². The van der Waals surface area contributed by atoms with Crippen LogP contribution in [0, 0.1) is 0 Å². The molecule has 1 aromatic carbocycles. The zero-order chi connectivity index (χ0) is 17.2. The molecule has 0 radical (unpaired) electrons. The van der Waals surface area contributed by atoms with Gasteiger partial charge in [-0.25, -0.2) is 0 Å². The maximum Gasteiger partial charge on any atom is 0.255 e. The highest BCUT2D eigenvalue weighted by molar-refractivity contribution is 6.05. The Balaban J connectivity index is 1.66. The number of aromatic nitrogens is 2. The molecule has 5 nitrogen and oxygen atoms in total. The van der Waals surface area contributed by atoms with Crippen molar-refractivity contribution in [1.29, 1.82) is 0 Å². The number of morpholine rings is 1. The minimum Gasteiger partial charge on any atom is -0.370 e. The standard InChI is InChI=1S/C20H19N3O2/c1-14-13-25-19(15-5-3-2-4-6-15)12-23(14)20(24)16-7-10-22-18-8-9-21-11-17(16)18/h2-11,14,19H,12-13H2,1H3/t14-,19-/m1/s1. The van der Waals surface area contributed by atoms with E-state index in [-0.39, 0.29) is 18.1 Å². The van der Waals surface area contributed by atoms with Gasteiger partial charge in [0.25, 0.3) is 5.91 Å². The molecule has 3 aromatic rings. The Bertz CT molecular complexity index is 892. The first-order valence-corrected chi connectivity index (χ1v) is 8.40. The van der Waals surface area contributed by atoms with E-state index in [1.807, 2.05) is 48.2 Å². The van der Waals surface area contributed by atoms with E-state index in [1.54, 1.807) is 24.7 Å². The highest BCUT2D eigenvalue weighted by Gasteiger charge is 2.31. The Morgan fingerprint density at radius 2 is 2.00 bits per heavy atom. The van der Waals surface area contributed by atoms with Crippen LogP contribution in [0.4, 0.5) is 0 Å². The SMILES string of the molecule is C[C@@H]1CO[C@@H](c2ccccc2)CN1C(=O)c1ccnc2ccncc12. The first-order valence-electron chi connectivity index (χ1n) is 8.40. The van der Waals surface area contributed by atoms with Crippen LogP contribution in [0.1, 0.15) is 28.9 Å². The molecule has 0 spiro atoms. The second kappa shape index (κ2) is 6.61. The molecule has 1 aliphatic rings. The fourth-order valence-electron chi connectivity index (χ4n) is 3.24. The van der Waals surface area contributed by atoms with Gasteiger partial charge in [0, 0.05) is 24.0 Å². The molecule has 126 valence electrons. The highest BCUT2D eigenvalue weighted by Crippen LogP contribution is 2.27. The molecule has 0 unspecified atom stereocenters. The third-order valence-electron chi connectivity index (χ3n) is 4.64. The third-order valence-corrected chi connectivity index (χ3v) is 4.64. The van der Waals surface area contributed by atoms with E-state index < -0.39 is 0 Å². The van der Waals surface area contributed by atoms with Crippen LogP contribution in [-0.2, 0) is 4.74 Å². The van der Waals surface area contributed by atoms with Crippen LogP contribution in [-0.4, -0.2) is 40.0 Å². The van der Waals surface area contributed by atoms with E-state index in [0.29, 0.717) is 18.7 Å². The normalized spacial score (nSPS) is 20.6. The van der Waals surface area contributed by atoms with Gasteiger partial charge in [0.2, 0.25) is 0 Å². The van der Waals surface area contributed by atoms with Crippen molar-refractivity contribution in [3.8, 4) is 0 Å². The molecule has 0 bridgehead atoms. The van der Waals surface area contributed by atoms with Gasteiger partial charge < -0.3 is 9.64 Å². The van der Waals surface area contributed by atoms with Crippen molar-refractivity contribution in [1.82, 2.24) is 14.9 Å². The van der Waals surface area contributed by atoms with Crippen LogP contribution in [0.3, 0.4) is 0 Å². The van der Waals surface area contributed by atoms with Crippen LogP contribution in [0.15, 0.2) is 61.1 Å². The Labute approximate surface area is 146 Å². The van der Waals surface area contributed by atoms with Crippen molar-refractivity contribution < 1.29 is 9.53 Å². The van der Waals surface area contributed by atoms with Gasteiger partial charge in [0.15, 0.2) is 0 Å². The molecule has 0 aliphatic carbocycles. The quantitative estimate of drug-likeness (QED) is 0.722. The lowest BCUT2D eigenvalue weighted by molar-refractivity contribution is -0.0486. The van der Waals surface area contributed by atoms with Crippen LogP contribution in [0.5, 0.6) is 0 Å². The molecular formula is C20H19N3O2. The van der Waals surface area contributed by atoms with E-state index in [1.165, 1.54) is 0 Å². The molecule has 1 amide bonds. The van der Waals surface area contributed by atoms with Crippen molar-refractivity contribution in [2.24, 2.45) is 0 Å². The summed E-state index contributed by atoms with van der Waals surface area (Å²) in [5.41, 5.74) is 2.51. The highest BCUT2D eigenvalue weighted by atomic mass is 16.5. The zero-order valence-electron chi connectivity index (χ0n) is 14.0.